The first kappa shape index (κ1) is 11.3. The Morgan fingerprint density at radius 1 is 0.833 bits per heavy atom. The summed E-state index contributed by atoms with van der Waals surface area (Å²) in [6, 6.07) is 0. The van der Waals surface area contributed by atoms with Gasteiger partial charge in [-0.25, -0.2) is 0 Å². The molecule has 0 radical (unpaired) electrons. The van der Waals surface area contributed by atoms with E-state index in [0.29, 0.717) is 5.75 Å². The molecule has 12 heavy (non-hydrogen) atoms. The molecule has 4 heteroatoms. The van der Waals surface area contributed by atoms with Gasteiger partial charge in [0.25, 0.3) is 0 Å². The Bertz CT molecular complexity index is 229. The molecule has 0 amide bonds. The number of hydrogen-bond acceptors (Lipinski definition) is 1. The van der Waals surface area contributed by atoms with Crippen LogP contribution in [0.15, 0.2) is 0 Å². The third-order valence-corrected chi connectivity index (χ3v) is 5.99. The normalized spacial score (nSPS) is 10.4. The third-order valence-electron chi connectivity index (χ3n) is 1.73. The summed E-state index contributed by atoms with van der Waals surface area (Å²) in [4.78, 5) is 0. The van der Waals surface area contributed by atoms with Crippen LogP contribution in [-0.2, 0) is 0 Å². The average molecular weight is 500 g/mol. The number of hydrogen-bond donors (Lipinski definition) is 1. The zero-order chi connectivity index (χ0) is 9.46. The highest BCUT2D eigenvalue weighted by atomic mass is 127. The van der Waals surface area contributed by atoms with E-state index in [2.05, 4.69) is 67.8 Å². The van der Waals surface area contributed by atoms with Crippen molar-refractivity contribution in [3.05, 3.63) is 21.8 Å². The molecule has 1 nitrogen and oxygen atoms in total. The van der Waals surface area contributed by atoms with E-state index in [0.717, 1.165) is 7.14 Å². The van der Waals surface area contributed by atoms with Crippen molar-refractivity contribution >= 4 is 67.8 Å². The molecule has 0 spiro atoms. The van der Waals surface area contributed by atoms with Crippen LogP contribution in [0.5, 0.6) is 5.75 Å². The predicted octanol–water partition coefficient (Wildman–Crippen LogP) is 3.82. The zero-order valence-corrected chi connectivity index (χ0v) is 13.1. The van der Waals surface area contributed by atoms with Gasteiger partial charge in [-0.05, 0) is 92.7 Å². The van der Waals surface area contributed by atoms with Crippen LogP contribution in [0.3, 0.4) is 0 Å². The van der Waals surface area contributed by atoms with Crippen LogP contribution in [0, 0.1) is 24.6 Å². The standard InChI is InChI=1S/C8H7I3O/c1-3-5(9)4(2)7(11)8(12)6(3)10/h12H,1-2H3. The monoisotopic (exact) mass is 500 g/mol. The first-order valence-corrected chi connectivity index (χ1v) is 6.53. The first-order chi connectivity index (χ1) is 5.46. The summed E-state index contributed by atoms with van der Waals surface area (Å²) in [7, 11) is 0. The van der Waals surface area contributed by atoms with E-state index in [1.165, 1.54) is 14.7 Å². The zero-order valence-electron chi connectivity index (χ0n) is 6.58. The van der Waals surface area contributed by atoms with Crippen LogP contribution in [0.25, 0.3) is 0 Å². The highest BCUT2D eigenvalue weighted by Crippen LogP contribution is 2.34. The molecule has 0 aliphatic rings. The fourth-order valence-corrected chi connectivity index (χ4v) is 4.09. The molecule has 0 aliphatic carbocycles. The summed E-state index contributed by atoms with van der Waals surface area (Å²) in [6.07, 6.45) is 0. The first-order valence-electron chi connectivity index (χ1n) is 3.29. The van der Waals surface area contributed by atoms with Crippen molar-refractivity contribution in [1.29, 1.82) is 0 Å². The molecule has 0 saturated carbocycles. The summed E-state index contributed by atoms with van der Waals surface area (Å²) >= 11 is 6.67. The lowest BCUT2D eigenvalue weighted by Crippen LogP contribution is -1.94. The fraction of sp³-hybridized carbons (Fsp3) is 0.250. The highest BCUT2D eigenvalue weighted by molar-refractivity contribution is 14.1. The Hall–Kier alpha value is 1.21. The van der Waals surface area contributed by atoms with Crippen molar-refractivity contribution in [1.82, 2.24) is 0 Å². The quantitative estimate of drug-likeness (QED) is 0.538. The molecule has 0 unspecified atom stereocenters. The second kappa shape index (κ2) is 4.16. The van der Waals surface area contributed by atoms with E-state index in [4.69, 9.17) is 0 Å². The topological polar surface area (TPSA) is 20.2 Å². The van der Waals surface area contributed by atoms with Crippen LogP contribution in [0.1, 0.15) is 11.1 Å². The van der Waals surface area contributed by atoms with Crippen LogP contribution < -0.4 is 0 Å². The summed E-state index contributed by atoms with van der Waals surface area (Å²) in [5, 5.41) is 9.67. The molecule has 66 valence electrons. The van der Waals surface area contributed by atoms with Gasteiger partial charge in [0.15, 0.2) is 0 Å². The maximum atomic E-state index is 9.67. The van der Waals surface area contributed by atoms with E-state index >= 15 is 0 Å². The minimum Gasteiger partial charge on any atom is -0.506 e. The van der Waals surface area contributed by atoms with Crippen molar-refractivity contribution in [3.8, 4) is 5.75 Å². The summed E-state index contributed by atoms with van der Waals surface area (Å²) in [5.41, 5.74) is 2.35. The molecule has 0 aromatic heterocycles. The molecule has 1 rings (SSSR count). The number of benzene rings is 1. The van der Waals surface area contributed by atoms with Gasteiger partial charge >= 0.3 is 0 Å². The third kappa shape index (κ3) is 1.84. The van der Waals surface area contributed by atoms with Crippen molar-refractivity contribution < 1.29 is 5.11 Å². The maximum Gasteiger partial charge on any atom is 0.142 e. The molecular weight excluding hydrogens is 493 g/mol. The van der Waals surface area contributed by atoms with Gasteiger partial charge in [0.2, 0.25) is 0 Å². The number of phenolic OH excluding ortho intramolecular Hbond substituents is 1. The van der Waals surface area contributed by atoms with Crippen LogP contribution in [-0.4, -0.2) is 5.11 Å². The Morgan fingerprint density at radius 3 is 1.50 bits per heavy atom. The molecular formula is C8H7I3O. The van der Waals surface area contributed by atoms with Gasteiger partial charge in [0.05, 0.1) is 7.14 Å². The Balaban J connectivity index is 3.60. The van der Waals surface area contributed by atoms with Gasteiger partial charge in [-0.1, -0.05) is 0 Å². The molecule has 0 saturated heterocycles. The van der Waals surface area contributed by atoms with Crippen molar-refractivity contribution in [3.63, 3.8) is 0 Å². The smallest absolute Gasteiger partial charge is 0.142 e. The highest BCUT2D eigenvalue weighted by Gasteiger charge is 2.13. The Morgan fingerprint density at radius 2 is 1.17 bits per heavy atom. The molecule has 1 N–H and O–H groups in total. The van der Waals surface area contributed by atoms with Crippen molar-refractivity contribution in [2.24, 2.45) is 0 Å². The van der Waals surface area contributed by atoms with Crippen LogP contribution in [0.4, 0.5) is 0 Å². The van der Waals surface area contributed by atoms with Crippen LogP contribution in [0.2, 0.25) is 0 Å². The van der Waals surface area contributed by atoms with Gasteiger partial charge in [-0.3, -0.25) is 0 Å². The van der Waals surface area contributed by atoms with E-state index in [9.17, 15) is 5.11 Å². The largest absolute Gasteiger partial charge is 0.506 e. The minimum absolute atomic E-state index is 0.423. The van der Waals surface area contributed by atoms with Gasteiger partial charge in [0.1, 0.15) is 5.75 Å². The van der Waals surface area contributed by atoms with E-state index in [-0.39, 0.29) is 0 Å². The van der Waals surface area contributed by atoms with Gasteiger partial charge in [-0.15, -0.1) is 0 Å². The molecule has 0 heterocycles. The number of rotatable bonds is 0. The summed E-state index contributed by atoms with van der Waals surface area (Å²) in [6.45, 7) is 4.07. The molecule has 0 bridgehead atoms. The second-order valence-electron chi connectivity index (χ2n) is 2.54. The number of halogens is 3. The minimum atomic E-state index is 0.423. The summed E-state index contributed by atoms with van der Waals surface area (Å²) in [5.74, 6) is 0.423. The van der Waals surface area contributed by atoms with Crippen molar-refractivity contribution in [2.45, 2.75) is 13.8 Å². The summed E-state index contributed by atoms with van der Waals surface area (Å²) < 4.78 is 3.18. The molecule has 0 aliphatic heterocycles. The number of aromatic hydroxyl groups is 1. The van der Waals surface area contributed by atoms with Crippen LogP contribution >= 0.6 is 67.8 Å². The maximum absolute atomic E-state index is 9.67. The van der Waals surface area contributed by atoms with Gasteiger partial charge in [0, 0.05) is 3.57 Å². The molecule has 1 aromatic carbocycles. The molecule has 0 atom stereocenters. The fourth-order valence-electron chi connectivity index (χ4n) is 0.926. The lowest BCUT2D eigenvalue weighted by molar-refractivity contribution is 0.466. The molecule has 0 fully saturated rings. The average Bonchev–Trinajstić information content (AvgIpc) is 2.08. The van der Waals surface area contributed by atoms with Crippen molar-refractivity contribution in [2.75, 3.05) is 0 Å². The Labute approximate surface area is 113 Å². The number of phenols is 1. The SMILES string of the molecule is Cc1c(I)c(C)c(I)c(O)c1I. The van der Waals surface area contributed by atoms with Gasteiger partial charge in [-0.2, -0.15) is 0 Å². The predicted molar refractivity (Wildman–Crippen MR) is 75.7 cm³/mol. The van der Waals surface area contributed by atoms with E-state index < -0.39 is 0 Å². The lowest BCUT2D eigenvalue weighted by Gasteiger charge is -2.10. The second-order valence-corrected chi connectivity index (χ2v) is 5.78. The Kier molecular flexibility index (Phi) is 3.91. The molecule has 1 aromatic rings. The van der Waals surface area contributed by atoms with E-state index in [1.807, 2.05) is 13.8 Å². The van der Waals surface area contributed by atoms with E-state index in [1.54, 1.807) is 0 Å². The lowest BCUT2D eigenvalue weighted by atomic mass is 10.1. The van der Waals surface area contributed by atoms with Gasteiger partial charge < -0.3 is 5.11 Å².